The van der Waals surface area contributed by atoms with Crippen molar-refractivity contribution in [3.05, 3.63) is 35.4 Å². The van der Waals surface area contributed by atoms with Crippen LogP contribution in [0.4, 0.5) is 4.79 Å². The zero-order chi connectivity index (χ0) is 16.7. The third kappa shape index (κ3) is 3.68. The molecule has 1 saturated carbocycles. The van der Waals surface area contributed by atoms with Gasteiger partial charge in [0.1, 0.15) is 9.84 Å². The second-order valence-corrected chi connectivity index (χ2v) is 9.32. The highest BCUT2D eigenvalue weighted by molar-refractivity contribution is 7.90. The van der Waals surface area contributed by atoms with E-state index in [0.29, 0.717) is 13.0 Å². The lowest BCUT2D eigenvalue weighted by Crippen LogP contribution is -2.49. The molecule has 1 heterocycles. The van der Waals surface area contributed by atoms with Crippen molar-refractivity contribution in [2.45, 2.75) is 44.2 Å². The molecule has 1 fully saturated rings. The summed E-state index contributed by atoms with van der Waals surface area (Å²) in [6, 6.07) is 8.14. The summed E-state index contributed by atoms with van der Waals surface area (Å²) in [6.45, 7) is 3.24. The first-order valence-electron chi connectivity index (χ1n) is 8.11. The first-order chi connectivity index (χ1) is 10.8. The number of carbonyl (C=O) groups is 1. The summed E-state index contributed by atoms with van der Waals surface area (Å²) in [5.74, 6) is 0.0984. The molecule has 5 nitrogen and oxygen atoms in total. The van der Waals surface area contributed by atoms with Crippen molar-refractivity contribution in [1.82, 2.24) is 10.2 Å². The smallest absolute Gasteiger partial charge is 0.317 e. The van der Waals surface area contributed by atoms with Gasteiger partial charge < -0.3 is 10.2 Å². The summed E-state index contributed by atoms with van der Waals surface area (Å²) in [5, 5.41) is 2.94. The quantitative estimate of drug-likeness (QED) is 0.915. The molecule has 6 heteroatoms. The van der Waals surface area contributed by atoms with Crippen LogP contribution >= 0.6 is 0 Å². The van der Waals surface area contributed by atoms with Gasteiger partial charge in [-0.3, -0.25) is 0 Å². The average Bonchev–Trinajstić information content (AvgIpc) is 3.24. The number of benzene rings is 1. The van der Waals surface area contributed by atoms with E-state index < -0.39 is 9.84 Å². The van der Waals surface area contributed by atoms with Gasteiger partial charge in [0.25, 0.3) is 0 Å². The summed E-state index contributed by atoms with van der Waals surface area (Å²) in [4.78, 5) is 14.4. The van der Waals surface area contributed by atoms with Gasteiger partial charge in [-0.25, -0.2) is 13.2 Å². The number of nitrogens with one attached hydrogen (secondary N) is 1. The van der Waals surface area contributed by atoms with Gasteiger partial charge in [-0.05, 0) is 37.3 Å². The Kier molecular flexibility index (Phi) is 4.12. The Labute approximate surface area is 138 Å². The highest BCUT2D eigenvalue weighted by Gasteiger charge is 2.49. The van der Waals surface area contributed by atoms with Gasteiger partial charge in [0.05, 0.1) is 5.75 Å². The molecule has 0 saturated heterocycles. The maximum atomic E-state index is 12.5. The number of nitrogens with zero attached hydrogens (tertiary/aromatic N) is 1. The molecular formula is C17H24N2O3S. The van der Waals surface area contributed by atoms with Crippen LogP contribution in [0, 0.1) is 0 Å². The van der Waals surface area contributed by atoms with E-state index in [1.54, 1.807) is 0 Å². The second kappa shape index (κ2) is 5.82. The molecule has 1 atom stereocenters. The minimum absolute atomic E-state index is 0.0909. The third-order valence-electron chi connectivity index (χ3n) is 4.88. The number of sulfone groups is 1. The molecule has 1 unspecified atom stereocenters. The van der Waals surface area contributed by atoms with Gasteiger partial charge in [-0.15, -0.1) is 0 Å². The highest BCUT2D eigenvalue weighted by Crippen LogP contribution is 2.52. The molecule has 0 bridgehead atoms. The average molecular weight is 336 g/mol. The summed E-state index contributed by atoms with van der Waals surface area (Å²) in [7, 11) is -2.99. The van der Waals surface area contributed by atoms with Crippen molar-refractivity contribution in [1.29, 1.82) is 0 Å². The van der Waals surface area contributed by atoms with E-state index >= 15 is 0 Å². The van der Waals surface area contributed by atoms with Crippen molar-refractivity contribution in [2.24, 2.45) is 0 Å². The van der Waals surface area contributed by atoms with Crippen molar-refractivity contribution in [2.75, 3.05) is 18.6 Å². The molecule has 0 radical (unpaired) electrons. The molecule has 1 aromatic rings. The van der Waals surface area contributed by atoms with Crippen LogP contribution in [0.2, 0.25) is 0 Å². The van der Waals surface area contributed by atoms with Crippen molar-refractivity contribution < 1.29 is 13.2 Å². The first-order valence-corrected chi connectivity index (χ1v) is 10.2. The molecule has 1 aromatic carbocycles. The van der Waals surface area contributed by atoms with Crippen LogP contribution < -0.4 is 5.32 Å². The Morgan fingerprint density at radius 2 is 2.04 bits per heavy atom. The Bertz CT molecular complexity index is 710. The third-order valence-corrected chi connectivity index (χ3v) is 5.85. The molecule has 1 spiro atoms. The number of hydrogen-bond donors (Lipinski definition) is 1. The normalized spacial score (nSPS) is 20.0. The number of amides is 2. The lowest BCUT2D eigenvalue weighted by atomic mass is 9.87. The Balaban J connectivity index is 1.63. The number of fused-ring (bicyclic) bond motifs is 2. The maximum absolute atomic E-state index is 12.5. The van der Waals surface area contributed by atoms with Crippen molar-refractivity contribution in [3.8, 4) is 0 Å². The lowest BCUT2D eigenvalue weighted by Gasteiger charge is -2.35. The van der Waals surface area contributed by atoms with Crippen LogP contribution in [0.3, 0.4) is 0 Å². The van der Waals surface area contributed by atoms with E-state index in [2.05, 4.69) is 23.5 Å². The SMILES string of the molecule is CC(CCS(C)(=O)=O)NC(=O)N1Cc2ccccc2C2(CC2)C1. The molecule has 0 aromatic heterocycles. The number of urea groups is 1. The van der Waals surface area contributed by atoms with Crippen molar-refractivity contribution >= 4 is 15.9 Å². The molecule has 2 amide bonds. The fourth-order valence-electron chi connectivity index (χ4n) is 3.37. The lowest BCUT2D eigenvalue weighted by molar-refractivity contribution is 0.180. The van der Waals surface area contributed by atoms with E-state index in [4.69, 9.17) is 0 Å². The molecule has 126 valence electrons. The summed E-state index contributed by atoms with van der Waals surface area (Å²) < 4.78 is 22.5. The predicted molar refractivity (Wildman–Crippen MR) is 90.1 cm³/mol. The summed E-state index contributed by atoms with van der Waals surface area (Å²) in [6.07, 6.45) is 3.94. The van der Waals surface area contributed by atoms with Crippen LogP contribution in [0.5, 0.6) is 0 Å². The fraction of sp³-hybridized carbons (Fsp3) is 0.588. The number of rotatable bonds is 4. The zero-order valence-corrected chi connectivity index (χ0v) is 14.5. The minimum atomic E-state index is -2.99. The van der Waals surface area contributed by atoms with E-state index in [-0.39, 0.29) is 23.2 Å². The molecular weight excluding hydrogens is 312 g/mol. The van der Waals surface area contributed by atoms with Gasteiger partial charge in [0.2, 0.25) is 0 Å². The molecule has 1 aliphatic heterocycles. The van der Waals surface area contributed by atoms with E-state index in [0.717, 1.165) is 19.4 Å². The molecule has 1 aliphatic carbocycles. The van der Waals surface area contributed by atoms with E-state index in [1.807, 2.05) is 17.9 Å². The summed E-state index contributed by atoms with van der Waals surface area (Å²) in [5.41, 5.74) is 2.78. The Hall–Kier alpha value is -1.56. The minimum Gasteiger partial charge on any atom is -0.335 e. The van der Waals surface area contributed by atoms with Crippen LogP contribution in [0.1, 0.15) is 37.3 Å². The van der Waals surface area contributed by atoms with Crippen LogP contribution in [-0.2, 0) is 21.8 Å². The standard InChI is InChI=1S/C17H24N2O3S/c1-13(7-10-23(2,21)22)18-16(20)19-11-14-5-3-4-6-15(14)17(12-19)8-9-17/h3-6,13H,7-12H2,1-2H3,(H,18,20). The van der Waals surface area contributed by atoms with Crippen LogP contribution in [0.15, 0.2) is 24.3 Å². The van der Waals surface area contributed by atoms with E-state index in [9.17, 15) is 13.2 Å². The largest absolute Gasteiger partial charge is 0.335 e. The monoisotopic (exact) mass is 336 g/mol. The number of carbonyl (C=O) groups excluding carboxylic acids is 1. The van der Waals surface area contributed by atoms with Gasteiger partial charge in [-0.2, -0.15) is 0 Å². The Morgan fingerprint density at radius 1 is 1.35 bits per heavy atom. The highest BCUT2D eigenvalue weighted by atomic mass is 32.2. The fourth-order valence-corrected chi connectivity index (χ4v) is 4.16. The van der Waals surface area contributed by atoms with Crippen LogP contribution in [0.25, 0.3) is 0 Å². The van der Waals surface area contributed by atoms with Crippen LogP contribution in [-0.4, -0.2) is 43.9 Å². The Morgan fingerprint density at radius 3 is 2.70 bits per heavy atom. The maximum Gasteiger partial charge on any atom is 0.317 e. The van der Waals surface area contributed by atoms with Crippen molar-refractivity contribution in [3.63, 3.8) is 0 Å². The van der Waals surface area contributed by atoms with Gasteiger partial charge in [-0.1, -0.05) is 24.3 Å². The zero-order valence-electron chi connectivity index (χ0n) is 13.7. The van der Waals surface area contributed by atoms with Gasteiger partial charge in [0, 0.05) is 30.8 Å². The predicted octanol–water partition coefficient (Wildman–Crippen LogP) is 2.07. The topological polar surface area (TPSA) is 66.5 Å². The molecule has 1 N–H and O–H groups in total. The molecule has 2 aliphatic rings. The molecule has 3 rings (SSSR count). The first kappa shape index (κ1) is 16.3. The second-order valence-electron chi connectivity index (χ2n) is 7.06. The number of hydrogen-bond acceptors (Lipinski definition) is 3. The van der Waals surface area contributed by atoms with E-state index in [1.165, 1.54) is 17.4 Å². The van der Waals surface area contributed by atoms with Gasteiger partial charge >= 0.3 is 6.03 Å². The summed E-state index contributed by atoms with van der Waals surface area (Å²) >= 11 is 0. The molecule has 23 heavy (non-hydrogen) atoms. The van der Waals surface area contributed by atoms with Gasteiger partial charge in [0.15, 0.2) is 0 Å².